The lowest BCUT2D eigenvalue weighted by atomic mass is 9.78. The molecule has 3 unspecified atom stereocenters. The maximum Gasteiger partial charge on any atom is 0.323 e. The van der Waals surface area contributed by atoms with Crippen LogP contribution in [0, 0.1) is 5.92 Å². The highest BCUT2D eigenvalue weighted by molar-refractivity contribution is 5.78. The van der Waals surface area contributed by atoms with Gasteiger partial charge in [0.1, 0.15) is 5.54 Å². The van der Waals surface area contributed by atoms with Crippen LogP contribution in [0.25, 0.3) is 0 Å². The molecule has 2 N–H and O–H groups in total. The monoisotopic (exact) mass is 296 g/mol. The Hall–Kier alpha value is -0.610. The molecule has 4 nitrogen and oxygen atoms in total. The van der Waals surface area contributed by atoms with E-state index in [2.05, 4.69) is 10.2 Å². The number of fused-ring (bicyclic) bond motifs is 1. The number of carboxylic acids is 1. The second-order valence-corrected chi connectivity index (χ2v) is 6.88. The number of hydrogen-bond donors (Lipinski definition) is 2. The molecule has 1 heterocycles. The fourth-order valence-electron chi connectivity index (χ4n) is 4.43. The first-order valence-corrected chi connectivity index (χ1v) is 8.79. The van der Waals surface area contributed by atoms with Crippen molar-refractivity contribution in [3.8, 4) is 0 Å². The molecule has 1 aliphatic carbocycles. The molecule has 0 spiro atoms. The predicted octanol–water partition coefficient (Wildman–Crippen LogP) is 2.87. The van der Waals surface area contributed by atoms with E-state index in [0.29, 0.717) is 6.42 Å². The molecule has 1 saturated heterocycles. The Morgan fingerprint density at radius 2 is 2.00 bits per heavy atom. The fraction of sp³-hybridized carbons (Fsp3) is 0.941. The molecule has 2 rings (SSSR count). The van der Waals surface area contributed by atoms with Crippen LogP contribution in [0.2, 0.25) is 0 Å². The second kappa shape index (κ2) is 7.59. The molecule has 0 aromatic heterocycles. The highest BCUT2D eigenvalue weighted by Crippen LogP contribution is 2.35. The first-order valence-electron chi connectivity index (χ1n) is 8.79. The topological polar surface area (TPSA) is 52.6 Å². The van der Waals surface area contributed by atoms with Crippen LogP contribution in [-0.4, -0.2) is 47.7 Å². The largest absolute Gasteiger partial charge is 0.480 e. The Balaban J connectivity index is 1.85. The number of carbonyl (C=O) groups is 1. The van der Waals surface area contributed by atoms with Gasteiger partial charge in [0.05, 0.1) is 0 Å². The predicted molar refractivity (Wildman–Crippen MR) is 85.5 cm³/mol. The van der Waals surface area contributed by atoms with Gasteiger partial charge in [-0.25, -0.2) is 0 Å². The van der Waals surface area contributed by atoms with E-state index in [-0.39, 0.29) is 0 Å². The number of piperidine rings is 1. The van der Waals surface area contributed by atoms with Crippen LogP contribution in [0.4, 0.5) is 0 Å². The van der Waals surface area contributed by atoms with E-state index in [1.807, 2.05) is 6.92 Å². The number of likely N-dealkylation sites (tertiary alicyclic amines) is 1. The van der Waals surface area contributed by atoms with E-state index in [0.717, 1.165) is 31.3 Å². The smallest absolute Gasteiger partial charge is 0.323 e. The molecular formula is C17H32N2O2. The van der Waals surface area contributed by atoms with Crippen molar-refractivity contribution < 1.29 is 9.90 Å². The van der Waals surface area contributed by atoms with E-state index in [1.54, 1.807) is 7.05 Å². The van der Waals surface area contributed by atoms with Crippen molar-refractivity contribution in [1.29, 1.82) is 0 Å². The molecule has 0 aromatic carbocycles. The van der Waals surface area contributed by atoms with E-state index < -0.39 is 11.5 Å². The van der Waals surface area contributed by atoms with Gasteiger partial charge in [-0.3, -0.25) is 4.79 Å². The Morgan fingerprint density at radius 3 is 2.67 bits per heavy atom. The van der Waals surface area contributed by atoms with Gasteiger partial charge in [-0.1, -0.05) is 19.8 Å². The first-order chi connectivity index (χ1) is 10.1. The van der Waals surface area contributed by atoms with E-state index >= 15 is 0 Å². The number of hydrogen-bond acceptors (Lipinski definition) is 3. The first kappa shape index (κ1) is 16.8. The second-order valence-electron chi connectivity index (χ2n) is 6.88. The van der Waals surface area contributed by atoms with Gasteiger partial charge in [0, 0.05) is 6.04 Å². The molecular weight excluding hydrogens is 264 g/mol. The van der Waals surface area contributed by atoms with Crippen molar-refractivity contribution in [1.82, 2.24) is 10.2 Å². The quantitative estimate of drug-likeness (QED) is 0.758. The fourth-order valence-corrected chi connectivity index (χ4v) is 4.43. The van der Waals surface area contributed by atoms with Crippen molar-refractivity contribution >= 4 is 5.97 Å². The van der Waals surface area contributed by atoms with Gasteiger partial charge in [0.25, 0.3) is 0 Å². The summed E-state index contributed by atoms with van der Waals surface area (Å²) in [6, 6.07) is 0.781. The summed E-state index contributed by atoms with van der Waals surface area (Å²) in [6.07, 6.45) is 10.6. The molecule has 1 aliphatic heterocycles. The molecule has 0 aromatic rings. The molecule has 21 heavy (non-hydrogen) atoms. The van der Waals surface area contributed by atoms with Crippen LogP contribution < -0.4 is 5.32 Å². The minimum absolute atomic E-state index is 0.644. The van der Waals surface area contributed by atoms with Crippen LogP contribution in [0.15, 0.2) is 0 Å². The molecule has 2 fully saturated rings. The summed E-state index contributed by atoms with van der Waals surface area (Å²) in [5, 5.41) is 12.5. The Labute approximate surface area is 129 Å². The average molecular weight is 296 g/mol. The van der Waals surface area contributed by atoms with Gasteiger partial charge in [-0.2, -0.15) is 0 Å². The summed E-state index contributed by atoms with van der Waals surface area (Å²) >= 11 is 0. The Bertz CT molecular complexity index is 340. The number of nitrogens with one attached hydrogen (secondary N) is 1. The summed E-state index contributed by atoms with van der Waals surface area (Å²) in [6.45, 7) is 4.24. The summed E-state index contributed by atoms with van der Waals surface area (Å²) in [5.74, 6) is 0.203. The van der Waals surface area contributed by atoms with E-state index in [1.165, 1.54) is 45.1 Å². The van der Waals surface area contributed by atoms with Gasteiger partial charge >= 0.3 is 5.97 Å². The number of aliphatic carboxylic acids is 1. The summed E-state index contributed by atoms with van der Waals surface area (Å²) in [5.41, 5.74) is -0.734. The van der Waals surface area contributed by atoms with E-state index in [4.69, 9.17) is 0 Å². The number of carboxylic acid groups (broad SMARTS) is 1. The lowest BCUT2D eigenvalue weighted by molar-refractivity contribution is -0.145. The van der Waals surface area contributed by atoms with Crippen LogP contribution in [0.1, 0.15) is 64.7 Å². The highest BCUT2D eigenvalue weighted by Gasteiger charge is 2.36. The average Bonchev–Trinajstić information content (AvgIpc) is 2.52. The molecule has 0 bridgehead atoms. The molecule has 1 saturated carbocycles. The van der Waals surface area contributed by atoms with Gasteiger partial charge in [-0.05, 0) is 71.0 Å². The van der Waals surface area contributed by atoms with Gasteiger partial charge < -0.3 is 15.3 Å². The van der Waals surface area contributed by atoms with Gasteiger partial charge in [-0.15, -0.1) is 0 Å². The maximum absolute atomic E-state index is 11.5. The zero-order valence-corrected chi connectivity index (χ0v) is 13.7. The third-order valence-electron chi connectivity index (χ3n) is 5.90. The minimum Gasteiger partial charge on any atom is -0.480 e. The third kappa shape index (κ3) is 3.78. The standard InChI is InChI=1S/C17H32N2O2/c1-3-17(18-2,16(20)21)11-7-13-19-12-6-9-14-8-4-5-10-15(14)19/h14-15,18H,3-13H2,1-2H3,(H,20,21). The lowest BCUT2D eigenvalue weighted by Gasteiger charge is -2.44. The van der Waals surface area contributed by atoms with E-state index in [9.17, 15) is 9.90 Å². The molecule has 4 heteroatoms. The van der Waals surface area contributed by atoms with Crippen molar-refractivity contribution in [2.24, 2.45) is 5.92 Å². The molecule has 2 aliphatic rings. The third-order valence-corrected chi connectivity index (χ3v) is 5.90. The van der Waals surface area contributed by atoms with Crippen molar-refractivity contribution in [3.63, 3.8) is 0 Å². The normalized spacial score (nSPS) is 29.6. The number of likely N-dealkylation sites (N-methyl/N-ethyl adjacent to an activating group) is 1. The number of rotatable bonds is 7. The van der Waals surface area contributed by atoms with Gasteiger partial charge in [0.15, 0.2) is 0 Å². The SMILES string of the molecule is CCC(CCCN1CCCC2CCCCC21)(NC)C(=O)O. The molecule has 3 atom stereocenters. The molecule has 0 radical (unpaired) electrons. The molecule has 122 valence electrons. The maximum atomic E-state index is 11.5. The van der Waals surface area contributed by atoms with Gasteiger partial charge in [0.2, 0.25) is 0 Å². The zero-order chi connectivity index (χ0) is 15.3. The van der Waals surface area contributed by atoms with Crippen molar-refractivity contribution in [3.05, 3.63) is 0 Å². The van der Waals surface area contributed by atoms with Crippen molar-refractivity contribution in [2.75, 3.05) is 20.1 Å². The summed E-state index contributed by atoms with van der Waals surface area (Å²) in [7, 11) is 1.77. The lowest BCUT2D eigenvalue weighted by Crippen LogP contribution is -2.51. The summed E-state index contributed by atoms with van der Waals surface area (Å²) in [4.78, 5) is 14.2. The minimum atomic E-state index is -0.734. The van der Waals surface area contributed by atoms with Crippen LogP contribution in [-0.2, 0) is 4.79 Å². The molecule has 0 amide bonds. The van der Waals surface area contributed by atoms with Crippen LogP contribution in [0.3, 0.4) is 0 Å². The number of nitrogens with zero attached hydrogens (tertiary/aromatic N) is 1. The van der Waals surface area contributed by atoms with Crippen molar-refractivity contribution in [2.45, 2.75) is 76.3 Å². The Kier molecular flexibility index (Phi) is 6.06. The summed E-state index contributed by atoms with van der Waals surface area (Å²) < 4.78 is 0. The van der Waals surface area contributed by atoms with Crippen LogP contribution >= 0.6 is 0 Å². The highest BCUT2D eigenvalue weighted by atomic mass is 16.4. The van der Waals surface area contributed by atoms with Crippen LogP contribution in [0.5, 0.6) is 0 Å². The Morgan fingerprint density at radius 1 is 1.29 bits per heavy atom. The zero-order valence-electron chi connectivity index (χ0n) is 13.7.